The van der Waals surface area contributed by atoms with E-state index in [9.17, 15) is 13.2 Å². The Labute approximate surface area is 186 Å². The van der Waals surface area contributed by atoms with E-state index in [1.165, 1.54) is 22.8 Å². The summed E-state index contributed by atoms with van der Waals surface area (Å²) in [6, 6.07) is 6.83. The fourth-order valence-electron chi connectivity index (χ4n) is 3.82. The van der Waals surface area contributed by atoms with Crippen molar-refractivity contribution in [3.05, 3.63) is 35.5 Å². The lowest BCUT2D eigenvalue weighted by Crippen LogP contribution is -2.56. The van der Waals surface area contributed by atoms with Crippen molar-refractivity contribution >= 4 is 40.8 Å². The fraction of sp³-hybridized carbons (Fsp3) is 0.550. The van der Waals surface area contributed by atoms with Crippen LogP contribution in [-0.2, 0) is 6.42 Å². The minimum absolute atomic E-state index is 0. The number of aromatic amines is 1. The van der Waals surface area contributed by atoms with Gasteiger partial charge in [-0.15, -0.1) is 24.0 Å². The van der Waals surface area contributed by atoms with Crippen molar-refractivity contribution in [1.29, 1.82) is 0 Å². The zero-order valence-electron chi connectivity index (χ0n) is 17.0. The Hall–Kier alpha value is -1.49. The van der Waals surface area contributed by atoms with Gasteiger partial charge in [-0.3, -0.25) is 9.89 Å². The van der Waals surface area contributed by atoms with E-state index >= 15 is 0 Å². The molecular formula is C20H29F3IN5. The molecule has 9 heteroatoms. The fourth-order valence-corrected chi connectivity index (χ4v) is 3.82. The molecule has 0 spiro atoms. The highest BCUT2D eigenvalue weighted by Gasteiger charge is 2.41. The number of halogens is 4. The van der Waals surface area contributed by atoms with E-state index in [0.29, 0.717) is 32.7 Å². The molecule has 1 aromatic carbocycles. The summed E-state index contributed by atoms with van der Waals surface area (Å²) in [5.74, 6) is 0.747. The van der Waals surface area contributed by atoms with Crippen LogP contribution in [0.1, 0.15) is 18.2 Å². The zero-order chi connectivity index (χ0) is 20.3. The van der Waals surface area contributed by atoms with E-state index in [0.717, 1.165) is 23.6 Å². The maximum atomic E-state index is 12.9. The van der Waals surface area contributed by atoms with Crippen molar-refractivity contribution in [2.24, 2.45) is 4.99 Å². The number of hydrogen-bond donors (Lipinski definition) is 2. The number of guanidine groups is 1. The lowest BCUT2D eigenvalue weighted by Gasteiger charge is -2.39. The molecule has 29 heavy (non-hydrogen) atoms. The number of nitrogens with zero attached hydrogens (tertiary/aromatic N) is 3. The number of fused-ring (bicyclic) bond motifs is 1. The molecule has 1 fully saturated rings. The highest BCUT2D eigenvalue weighted by Crippen LogP contribution is 2.25. The molecule has 1 aliphatic heterocycles. The summed E-state index contributed by atoms with van der Waals surface area (Å²) < 4.78 is 38.7. The van der Waals surface area contributed by atoms with Gasteiger partial charge < -0.3 is 15.2 Å². The maximum Gasteiger partial charge on any atom is 0.403 e. The Kier molecular flexibility index (Phi) is 8.21. The van der Waals surface area contributed by atoms with E-state index in [1.54, 1.807) is 7.05 Å². The first-order valence-corrected chi connectivity index (χ1v) is 9.63. The van der Waals surface area contributed by atoms with Crippen LogP contribution in [0.25, 0.3) is 10.9 Å². The Morgan fingerprint density at radius 1 is 1.21 bits per heavy atom. The lowest BCUT2D eigenvalue weighted by atomic mass is 10.1. The number of aromatic nitrogens is 1. The number of hydrogen-bond acceptors (Lipinski definition) is 2. The highest BCUT2D eigenvalue weighted by molar-refractivity contribution is 14.0. The van der Waals surface area contributed by atoms with E-state index < -0.39 is 12.2 Å². The minimum atomic E-state index is -4.18. The second-order valence-electron chi connectivity index (χ2n) is 7.24. The first-order chi connectivity index (χ1) is 13.3. The van der Waals surface area contributed by atoms with Crippen LogP contribution >= 0.6 is 24.0 Å². The van der Waals surface area contributed by atoms with Crippen LogP contribution in [0.4, 0.5) is 13.2 Å². The molecule has 1 aromatic heterocycles. The number of rotatable bonds is 4. The normalized spacial score (nSPS) is 17.3. The molecular weight excluding hydrogens is 494 g/mol. The molecule has 1 saturated heterocycles. The van der Waals surface area contributed by atoms with Gasteiger partial charge in [0.1, 0.15) is 6.04 Å². The number of para-hydroxylation sites is 1. The van der Waals surface area contributed by atoms with Crippen LogP contribution in [0.2, 0.25) is 0 Å². The van der Waals surface area contributed by atoms with Crippen molar-refractivity contribution in [1.82, 2.24) is 20.1 Å². The van der Waals surface area contributed by atoms with Gasteiger partial charge in [-0.1, -0.05) is 18.2 Å². The quantitative estimate of drug-likeness (QED) is 0.365. The molecule has 1 aliphatic rings. The second-order valence-corrected chi connectivity index (χ2v) is 7.24. The van der Waals surface area contributed by atoms with Crippen LogP contribution < -0.4 is 5.32 Å². The smallest absolute Gasteiger partial charge is 0.358 e. The number of H-pyrrole nitrogens is 1. The van der Waals surface area contributed by atoms with E-state index in [2.05, 4.69) is 34.3 Å². The summed E-state index contributed by atoms with van der Waals surface area (Å²) in [7, 11) is 1.71. The number of aryl methyl sites for hydroxylation is 1. The van der Waals surface area contributed by atoms with Gasteiger partial charge in [0, 0.05) is 56.4 Å². The third-order valence-electron chi connectivity index (χ3n) is 5.53. The van der Waals surface area contributed by atoms with Crippen molar-refractivity contribution in [3.8, 4) is 0 Å². The average molecular weight is 523 g/mol. The van der Waals surface area contributed by atoms with Gasteiger partial charge >= 0.3 is 6.18 Å². The number of piperazine rings is 1. The van der Waals surface area contributed by atoms with Gasteiger partial charge in [0.05, 0.1) is 0 Å². The number of alkyl halides is 3. The van der Waals surface area contributed by atoms with Gasteiger partial charge in [0.25, 0.3) is 0 Å². The molecule has 5 nitrogen and oxygen atoms in total. The van der Waals surface area contributed by atoms with Crippen LogP contribution in [0, 0.1) is 6.92 Å². The molecule has 1 atom stereocenters. The van der Waals surface area contributed by atoms with Gasteiger partial charge in [-0.2, -0.15) is 13.2 Å². The molecule has 2 N–H and O–H groups in total. The summed E-state index contributed by atoms with van der Waals surface area (Å²) in [6.45, 7) is 5.84. The largest absolute Gasteiger partial charge is 0.403 e. The Balaban J connectivity index is 0.00000300. The molecule has 1 unspecified atom stereocenters. The van der Waals surface area contributed by atoms with Gasteiger partial charge in [-0.25, -0.2) is 0 Å². The minimum Gasteiger partial charge on any atom is -0.358 e. The number of nitrogens with one attached hydrogen (secondary N) is 2. The number of aliphatic imine (C=N–C) groups is 1. The van der Waals surface area contributed by atoms with Crippen LogP contribution in [0.5, 0.6) is 0 Å². The molecule has 162 valence electrons. The SMILES string of the molecule is CN=C(NCCc1c(C)[nH]c2ccccc12)N1CCN(C(C)C(F)(F)F)CC1.I. The lowest BCUT2D eigenvalue weighted by molar-refractivity contribution is -0.181. The Morgan fingerprint density at radius 3 is 2.48 bits per heavy atom. The molecule has 0 radical (unpaired) electrons. The van der Waals surface area contributed by atoms with Crippen molar-refractivity contribution in [2.45, 2.75) is 32.5 Å². The summed E-state index contributed by atoms with van der Waals surface area (Å²) in [6.07, 6.45) is -3.33. The Bertz CT molecular complexity index is 825. The third-order valence-corrected chi connectivity index (χ3v) is 5.53. The molecule has 3 rings (SSSR count). The predicted octanol–water partition coefficient (Wildman–Crippen LogP) is 3.78. The van der Waals surface area contributed by atoms with E-state index in [1.807, 2.05) is 17.0 Å². The summed E-state index contributed by atoms with van der Waals surface area (Å²) >= 11 is 0. The zero-order valence-corrected chi connectivity index (χ0v) is 19.3. The highest BCUT2D eigenvalue weighted by atomic mass is 127. The van der Waals surface area contributed by atoms with E-state index in [4.69, 9.17) is 0 Å². The first kappa shape index (κ1) is 23.8. The van der Waals surface area contributed by atoms with Crippen molar-refractivity contribution in [2.75, 3.05) is 39.8 Å². The molecule has 0 bridgehead atoms. The monoisotopic (exact) mass is 523 g/mol. The van der Waals surface area contributed by atoms with Crippen LogP contribution in [0.15, 0.2) is 29.3 Å². The summed E-state index contributed by atoms with van der Waals surface area (Å²) in [5.41, 5.74) is 3.57. The Morgan fingerprint density at radius 2 is 1.86 bits per heavy atom. The standard InChI is InChI=1S/C20H28F3N5.HI/c1-14-16(17-6-4-5-7-18(17)26-14)8-9-25-19(24-3)28-12-10-27(11-13-28)15(2)20(21,22)23;/h4-7,15,26H,8-13H2,1-3H3,(H,24,25);1H. The van der Waals surface area contributed by atoms with Gasteiger partial charge in [0.15, 0.2) is 5.96 Å². The summed E-state index contributed by atoms with van der Waals surface area (Å²) in [5, 5.41) is 4.59. The van der Waals surface area contributed by atoms with E-state index in [-0.39, 0.29) is 24.0 Å². The van der Waals surface area contributed by atoms with Crippen molar-refractivity contribution < 1.29 is 13.2 Å². The summed E-state index contributed by atoms with van der Waals surface area (Å²) in [4.78, 5) is 11.2. The molecule has 2 aromatic rings. The predicted molar refractivity (Wildman–Crippen MR) is 122 cm³/mol. The maximum absolute atomic E-state index is 12.9. The van der Waals surface area contributed by atoms with Gasteiger partial charge in [-0.05, 0) is 31.9 Å². The molecule has 0 amide bonds. The molecule has 0 aliphatic carbocycles. The van der Waals surface area contributed by atoms with Crippen LogP contribution in [-0.4, -0.2) is 72.7 Å². The molecule has 0 saturated carbocycles. The molecule has 2 heterocycles. The third kappa shape index (κ3) is 5.56. The van der Waals surface area contributed by atoms with Crippen LogP contribution in [0.3, 0.4) is 0 Å². The topological polar surface area (TPSA) is 46.7 Å². The van der Waals surface area contributed by atoms with Gasteiger partial charge in [0.2, 0.25) is 0 Å². The number of benzene rings is 1. The van der Waals surface area contributed by atoms with Crippen molar-refractivity contribution in [3.63, 3.8) is 0 Å². The second kappa shape index (κ2) is 10.0. The first-order valence-electron chi connectivity index (χ1n) is 9.63. The average Bonchev–Trinajstić information content (AvgIpc) is 2.99.